The van der Waals surface area contributed by atoms with E-state index in [4.69, 9.17) is 0 Å². The van der Waals surface area contributed by atoms with Crippen LogP contribution in [0.1, 0.15) is 23.4 Å². The second kappa shape index (κ2) is 7.77. The largest absolute Gasteiger partial charge is 0.370 e. The Bertz CT molecular complexity index is 800. The predicted molar refractivity (Wildman–Crippen MR) is 98.0 cm³/mol. The maximum atomic E-state index is 12.0. The van der Waals surface area contributed by atoms with Crippen LogP contribution in [-0.4, -0.2) is 40.3 Å². The summed E-state index contributed by atoms with van der Waals surface area (Å²) in [7, 11) is 1.64. The van der Waals surface area contributed by atoms with E-state index in [9.17, 15) is 9.59 Å². The molecule has 0 aliphatic carbocycles. The number of anilines is 1. The summed E-state index contributed by atoms with van der Waals surface area (Å²) in [5, 5.41) is 7.10. The van der Waals surface area contributed by atoms with Gasteiger partial charge in [-0.15, -0.1) is 11.3 Å². The van der Waals surface area contributed by atoms with Crippen LogP contribution in [0.15, 0.2) is 22.6 Å². The van der Waals surface area contributed by atoms with Gasteiger partial charge in [0.05, 0.1) is 23.1 Å². The van der Waals surface area contributed by atoms with E-state index in [0.29, 0.717) is 18.9 Å². The standard InChI is InChI=1S/C17H23N5O2S/c1-12-15(25-11-19-12)3-4-16(23)18-8-13-5-6-22(10-13)14-7-17(24)21(2)20-9-14/h7,9,11,13H,3-6,8,10H2,1-2H3,(H,18,23)/t13-/m0/s1. The molecule has 0 saturated carbocycles. The lowest BCUT2D eigenvalue weighted by molar-refractivity contribution is -0.121. The highest BCUT2D eigenvalue weighted by Gasteiger charge is 2.23. The molecule has 7 nitrogen and oxygen atoms in total. The van der Waals surface area contributed by atoms with E-state index < -0.39 is 0 Å². The zero-order valence-corrected chi connectivity index (χ0v) is 15.4. The van der Waals surface area contributed by atoms with Gasteiger partial charge >= 0.3 is 0 Å². The molecular formula is C17H23N5O2S. The molecule has 1 N–H and O–H groups in total. The van der Waals surface area contributed by atoms with Crippen molar-refractivity contribution >= 4 is 22.9 Å². The second-order valence-corrected chi connectivity index (χ2v) is 7.38. The van der Waals surface area contributed by atoms with E-state index in [1.165, 1.54) is 9.56 Å². The lowest BCUT2D eigenvalue weighted by atomic mass is 10.1. The molecule has 2 aromatic rings. The Morgan fingerprint density at radius 3 is 3.04 bits per heavy atom. The van der Waals surface area contributed by atoms with Crippen molar-refractivity contribution in [2.24, 2.45) is 13.0 Å². The summed E-state index contributed by atoms with van der Waals surface area (Å²) in [5.41, 5.74) is 3.60. The fraction of sp³-hybridized carbons (Fsp3) is 0.529. The molecule has 8 heteroatoms. The third-order valence-corrected chi connectivity index (χ3v) is 5.61. The van der Waals surface area contributed by atoms with Crippen LogP contribution in [0.3, 0.4) is 0 Å². The average molecular weight is 361 g/mol. The molecule has 1 amide bonds. The van der Waals surface area contributed by atoms with E-state index in [-0.39, 0.29) is 11.5 Å². The van der Waals surface area contributed by atoms with Crippen LogP contribution < -0.4 is 15.8 Å². The first-order valence-corrected chi connectivity index (χ1v) is 9.35. The van der Waals surface area contributed by atoms with Crippen LogP contribution >= 0.6 is 11.3 Å². The molecule has 1 aliphatic heterocycles. The first kappa shape index (κ1) is 17.6. The molecule has 2 aromatic heterocycles. The van der Waals surface area contributed by atoms with Gasteiger partial charge in [0, 0.05) is 44.0 Å². The summed E-state index contributed by atoms with van der Waals surface area (Å²) in [5.74, 6) is 0.486. The maximum Gasteiger partial charge on any atom is 0.268 e. The van der Waals surface area contributed by atoms with E-state index in [1.54, 1.807) is 30.6 Å². The second-order valence-electron chi connectivity index (χ2n) is 6.44. The molecule has 1 saturated heterocycles. The van der Waals surface area contributed by atoms with Gasteiger partial charge in [0.25, 0.3) is 5.56 Å². The van der Waals surface area contributed by atoms with Crippen LogP contribution in [0.4, 0.5) is 5.69 Å². The van der Waals surface area contributed by atoms with Crippen LogP contribution in [0.25, 0.3) is 0 Å². The highest BCUT2D eigenvalue weighted by atomic mass is 32.1. The van der Waals surface area contributed by atoms with Crippen molar-refractivity contribution in [1.82, 2.24) is 20.1 Å². The smallest absolute Gasteiger partial charge is 0.268 e. The number of aromatic nitrogens is 3. The summed E-state index contributed by atoms with van der Waals surface area (Å²) >= 11 is 1.60. The maximum absolute atomic E-state index is 12.0. The summed E-state index contributed by atoms with van der Waals surface area (Å²) in [6.07, 6.45) is 3.97. The Morgan fingerprint density at radius 1 is 1.48 bits per heavy atom. The summed E-state index contributed by atoms with van der Waals surface area (Å²) in [6, 6.07) is 1.62. The zero-order chi connectivity index (χ0) is 17.8. The number of nitrogens with zero attached hydrogens (tertiary/aromatic N) is 4. The minimum Gasteiger partial charge on any atom is -0.370 e. The molecule has 1 fully saturated rings. The van der Waals surface area contributed by atoms with E-state index >= 15 is 0 Å². The Morgan fingerprint density at radius 2 is 2.32 bits per heavy atom. The third kappa shape index (κ3) is 4.45. The lowest BCUT2D eigenvalue weighted by Gasteiger charge is -2.18. The molecule has 1 aliphatic rings. The minimum atomic E-state index is -0.104. The highest BCUT2D eigenvalue weighted by molar-refractivity contribution is 7.09. The predicted octanol–water partition coefficient (Wildman–Crippen LogP) is 1.12. The lowest BCUT2D eigenvalue weighted by Crippen LogP contribution is -2.31. The molecule has 0 spiro atoms. The van der Waals surface area contributed by atoms with Crippen LogP contribution in [0, 0.1) is 12.8 Å². The number of nitrogens with one attached hydrogen (secondary N) is 1. The Kier molecular flexibility index (Phi) is 5.47. The van der Waals surface area contributed by atoms with Gasteiger partial charge in [0.1, 0.15) is 0 Å². The molecule has 0 bridgehead atoms. The van der Waals surface area contributed by atoms with Crippen molar-refractivity contribution < 1.29 is 4.79 Å². The van der Waals surface area contributed by atoms with Crippen molar-refractivity contribution in [3.63, 3.8) is 0 Å². The number of carbonyl (C=O) groups is 1. The normalized spacial score (nSPS) is 17.0. The fourth-order valence-corrected chi connectivity index (χ4v) is 3.79. The number of amides is 1. The average Bonchev–Trinajstić information content (AvgIpc) is 3.22. The first-order chi connectivity index (χ1) is 12.0. The van der Waals surface area contributed by atoms with Gasteiger partial charge in [-0.25, -0.2) is 9.67 Å². The third-order valence-electron chi connectivity index (χ3n) is 4.62. The Balaban J connectivity index is 1.43. The monoisotopic (exact) mass is 361 g/mol. The van der Waals surface area contributed by atoms with Gasteiger partial charge in [-0.1, -0.05) is 0 Å². The molecule has 0 aromatic carbocycles. The molecule has 3 heterocycles. The molecule has 134 valence electrons. The fourth-order valence-electron chi connectivity index (χ4n) is 3.01. The Hall–Kier alpha value is -2.22. The van der Waals surface area contributed by atoms with Gasteiger partial charge in [0.15, 0.2) is 0 Å². The minimum absolute atomic E-state index is 0.0847. The van der Waals surface area contributed by atoms with Crippen molar-refractivity contribution in [3.05, 3.63) is 38.7 Å². The highest BCUT2D eigenvalue weighted by Crippen LogP contribution is 2.21. The van der Waals surface area contributed by atoms with Gasteiger partial charge in [-0.05, 0) is 25.7 Å². The number of thiazole rings is 1. The van der Waals surface area contributed by atoms with Crippen molar-refractivity contribution in [2.75, 3.05) is 24.5 Å². The first-order valence-electron chi connectivity index (χ1n) is 8.47. The van der Waals surface area contributed by atoms with E-state index in [1.807, 2.05) is 12.4 Å². The van der Waals surface area contributed by atoms with Gasteiger partial charge in [-0.2, -0.15) is 5.10 Å². The van der Waals surface area contributed by atoms with E-state index in [2.05, 4.69) is 20.3 Å². The number of carbonyl (C=O) groups excluding carboxylic acids is 1. The molecule has 0 radical (unpaired) electrons. The Labute approximate surface area is 150 Å². The van der Waals surface area contributed by atoms with Gasteiger partial charge in [-0.3, -0.25) is 9.59 Å². The molecule has 0 unspecified atom stereocenters. The SMILES string of the molecule is Cc1ncsc1CCC(=O)NC[C@@H]1CCN(c2cnn(C)c(=O)c2)C1. The van der Waals surface area contributed by atoms with Crippen molar-refractivity contribution in [3.8, 4) is 0 Å². The summed E-state index contributed by atoms with van der Waals surface area (Å²) < 4.78 is 1.32. The van der Waals surface area contributed by atoms with Gasteiger partial charge < -0.3 is 10.2 Å². The molecule has 3 rings (SSSR count). The zero-order valence-electron chi connectivity index (χ0n) is 14.6. The number of hydrogen-bond donors (Lipinski definition) is 1. The summed E-state index contributed by atoms with van der Waals surface area (Å²) in [6.45, 7) is 4.37. The van der Waals surface area contributed by atoms with E-state index in [0.717, 1.165) is 37.3 Å². The van der Waals surface area contributed by atoms with Crippen molar-refractivity contribution in [2.45, 2.75) is 26.2 Å². The number of hydrogen-bond acceptors (Lipinski definition) is 6. The number of rotatable bonds is 6. The van der Waals surface area contributed by atoms with Crippen LogP contribution in [-0.2, 0) is 18.3 Å². The van der Waals surface area contributed by atoms with Crippen LogP contribution in [0.2, 0.25) is 0 Å². The topological polar surface area (TPSA) is 80.1 Å². The number of aryl methyl sites for hydroxylation is 3. The molecule has 25 heavy (non-hydrogen) atoms. The van der Waals surface area contributed by atoms with Crippen LogP contribution in [0.5, 0.6) is 0 Å². The quantitative estimate of drug-likeness (QED) is 0.834. The van der Waals surface area contributed by atoms with Gasteiger partial charge in [0.2, 0.25) is 5.91 Å². The molecule has 1 atom stereocenters. The van der Waals surface area contributed by atoms with Crippen molar-refractivity contribution in [1.29, 1.82) is 0 Å². The summed E-state index contributed by atoms with van der Waals surface area (Å²) in [4.78, 5) is 31.3. The molecular weight excluding hydrogens is 338 g/mol.